The Balaban J connectivity index is 2.03. The lowest BCUT2D eigenvalue weighted by Crippen LogP contribution is -2.25. The maximum atomic E-state index is 6.50. The lowest BCUT2D eigenvalue weighted by Gasteiger charge is -2.24. The Kier molecular flexibility index (Phi) is 3.92. The molecule has 2 unspecified atom stereocenters. The summed E-state index contributed by atoms with van der Waals surface area (Å²) in [5.41, 5.74) is 4.89. The molecule has 0 amide bonds. The number of benzene rings is 2. The number of rotatable bonds is 3. The number of hydrogen-bond acceptors (Lipinski definition) is 2. The highest BCUT2D eigenvalue weighted by Gasteiger charge is 2.32. The van der Waals surface area contributed by atoms with Crippen molar-refractivity contribution in [2.24, 2.45) is 0 Å². The van der Waals surface area contributed by atoms with Crippen LogP contribution in [0.3, 0.4) is 0 Å². The summed E-state index contributed by atoms with van der Waals surface area (Å²) in [5, 5.41) is 4.25. The zero-order valence-corrected chi connectivity index (χ0v) is 13.4. The highest BCUT2D eigenvalue weighted by molar-refractivity contribution is 6.31. The first-order valence-corrected chi connectivity index (χ1v) is 7.65. The smallest absolute Gasteiger partial charge is 0.122 e. The van der Waals surface area contributed by atoms with Crippen molar-refractivity contribution in [2.75, 3.05) is 13.7 Å². The average molecular weight is 302 g/mol. The van der Waals surface area contributed by atoms with E-state index in [-0.39, 0.29) is 12.0 Å². The first-order chi connectivity index (χ1) is 10.1. The fraction of sp³-hybridized carbons (Fsp3) is 0.333. The third-order valence-corrected chi connectivity index (χ3v) is 4.73. The standard InChI is InChI=1S/C18H20ClNO/c1-11-8-14(16(19)9-12(11)2)18(20-3)15-10-21-17-7-5-4-6-13(15)17/h4-9,15,18,20H,10H2,1-3H3. The average Bonchev–Trinajstić information content (AvgIpc) is 2.89. The van der Waals surface area contributed by atoms with Crippen molar-refractivity contribution < 1.29 is 4.74 Å². The van der Waals surface area contributed by atoms with Crippen LogP contribution in [0.15, 0.2) is 36.4 Å². The zero-order chi connectivity index (χ0) is 15.0. The lowest BCUT2D eigenvalue weighted by atomic mass is 9.87. The Bertz CT molecular complexity index is 668. The van der Waals surface area contributed by atoms with Gasteiger partial charge in [0.1, 0.15) is 5.75 Å². The molecule has 1 N–H and O–H groups in total. The van der Waals surface area contributed by atoms with Gasteiger partial charge in [0.05, 0.1) is 6.61 Å². The Labute approximate surface area is 131 Å². The number of hydrogen-bond donors (Lipinski definition) is 1. The summed E-state index contributed by atoms with van der Waals surface area (Å²) in [6, 6.07) is 12.7. The van der Waals surface area contributed by atoms with E-state index in [2.05, 4.69) is 43.4 Å². The van der Waals surface area contributed by atoms with Crippen molar-refractivity contribution >= 4 is 11.6 Å². The minimum Gasteiger partial charge on any atom is -0.493 e. The first-order valence-electron chi connectivity index (χ1n) is 7.27. The van der Waals surface area contributed by atoms with E-state index in [1.54, 1.807) is 0 Å². The van der Waals surface area contributed by atoms with Crippen LogP contribution in [0.2, 0.25) is 5.02 Å². The molecule has 1 aliphatic rings. The van der Waals surface area contributed by atoms with E-state index in [0.717, 1.165) is 16.3 Å². The van der Waals surface area contributed by atoms with Crippen LogP contribution < -0.4 is 10.1 Å². The predicted molar refractivity (Wildman–Crippen MR) is 87.4 cm³/mol. The van der Waals surface area contributed by atoms with Crippen LogP contribution in [0.25, 0.3) is 0 Å². The molecule has 0 bridgehead atoms. The monoisotopic (exact) mass is 301 g/mol. The summed E-state index contributed by atoms with van der Waals surface area (Å²) in [6.45, 7) is 4.91. The molecule has 0 spiro atoms. The quantitative estimate of drug-likeness (QED) is 0.907. The van der Waals surface area contributed by atoms with Gasteiger partial charge in [0.25, 0.3) is 0 Å². The molecule has 0 fully saturated rings. The van der Waals surface area contributed by atoms with Crippen molar-refractivity contribution in [1.82, 2.24) is 5.32 Å². The van der Waals surface area contributed by atoms with E-state index in [0.29, 0.717) is 6.61 Å². The van der Waals surface area contributed by atoms with Gasteiger partial charge in [-0.25, -0.2) is 0 Å². The summed E-state index contributed by atoms with van der Waals surface area (Å²) in [5.74, 6) is 1.27. The van der Waals surface area contributed by atoms with E-state index in [1.807, 2.05) is 19.2 Å². The van der Waals surface area contributed by atoms with Gasteiger partial charge in [0.15, 0.2) is 0 Å². The third-order valence-electron chi connectivity index (χ3n) is 4.40. The van der Waals surface area contributed by atoms with Gasteiger partial charge in [-0.15, -0.1) is 0 Å². The molecule has 0 aromatic heterocycles. The van der Waals surface area contributed by atoms with Crippen LogP contribution in [0, 0.1) is 13.8 Å². The Morgan fingerprint density at radius 2 is 1.90 bits per heavy atom. The minimum absolute atomic E-state index is 0.153. The number of halogens is 1. The van der Waals surface area contributed by atoms with E-state index in [9.17, 15) is 0 Å². The fourth-order valence-corrected chi connectivity index (χ4v) is 3.41. The number of aryl methyl sites for hydroxylation is 2. The summed E-state index contributed by atoms with van der Waals surface area (Å²) in [6.07, 6.45) is 0. The summed E-state index contributed by atoms with van der Waals surface area (Å²) in [4.78, 5) is 0. The highest BCUT2D eigenvalue weighted by Crippen LogP contribution is 2.42. The molecule has 0 saturated heterocycles. The van der Waals surface area contributed by atoms with Crippen molar-refractivity contribution in [3.63, 3.8) is 0 Å². The van der Waals surface area contributed by atoms with E-state index in [1.165, 1.54) is 16.7 Å². The fourth-order valence-electron chi connectivity index (χ4n) is 3.08. The van der Waals surface area contributed by atoms with Gasteiger partial charge in [0, 0.05) is 22.5 Å². The van der Waals surface area contributed by atoms with Gasteiger partial charge in [0.2, 0.25) is 0 Å². The van der Waals surface area contributed by atoms with Crippen LogP contribution in [-0.2, 0) is 0 Å². The molecule has 21 heavy (non-hydrogen) atoms. The number of fused-ring (bicyclic) bond motifs is 1. The molecule has 2 aromatic carbocycles. The van der Waals surface area contributed by atoms with Gasteiger partial charge in [-0.05, 0) is 49.7 Å². The molecular formula is C18H20ClNO. The molecule has 1 aliphatic heterocycles. The largest absolute Gasteiger partial charge is 0.493 e. The number of likely N-dealkylation sites (N-methyl/N-ethyl adjacent to an activating group) is 1. The van der Waals surface area contributed by atoms with Crippen molar-refractivity contribution in [1.29, 1.82) is 0 Å². The maximum absolute atomic E-state index is 6.50. The normalized spacial score (nSPS) is 18.2. The summed E-state index contributed by atoms with van der Waals surface area (Å²) in [7, 11) is 1.98. The predicted octanol–water partition coefficient (Wildman–Crippen LogP) is 4.39. The second kappa shape index (κ2) is 5.70. The molecule has 0 aliphatic carbocycles. The lowest BCUT2D eigenvalue weighted by molar-refractivity contribution is 0.304. The molecule has 3 rings (SSSR count). The van der Waals surface area contributed by atoms with Crippen LogP contribution >= 0.6 is 11.6 Å². The van der Waals surface area contributed by atoms with Crippen LogP contribution in [0.4, 0.5) is 0 Å². The zero-order valence-electron chi connectivity index (χ0n) is 12.6. The van der Waals surface area contributed by atoms with E-state index in [4.69, 9.17) is 16.3 Å². The molecular weight excluding hydrogens is 282 g/mol. The second-order valence-corrected chi connectivity index (χ2v) is 6.09. The van der Waals surface area contributed by atoms with Gasteiger partial charge in [-0.2, -0.15) is 0 Å². The molecule has 0 radical (unpaired) electrons. The topological polar surface area (TPSA) is 21.3 Å². The number of nitrogens with one attached hydrogen (secondary N) is 1. The van der Waals surface area contributed by atoms with Crippen molar-refractivity contribution in [3.8, 4) is 5.75 Å². The Morgan fingerprint density at radius 3 is 2.67 bits per heavy atom. The van der Waals surface area contributed by atoms with Crippen LogP contribution in [0.1, 0.15) is 34.2 Å². The van der Waals surface area contributed by atoms with Gasteiger partial charge in [-0.1, -0.05) is 35.9 Å². The molecule has 3 heteroatoms. The van der Waals surface area contributed by atoms with Crippen molar-refractivity contribution in [2.45, 2.75) is 25.8 Å². The maximum Gasteiger partial charge on any atom is 0.122 e. The number of para-hydroxylation sites is 1. The molecule has 110 valence electrons. The van der Waals surface area contributed by atoms with Gasteiger partial charge >= 0.3 is 0 Å². The second-order valence-electron chi connectivity index (χ2n) is 5.68. The SMILES string of the molecule is CNC(c1cc(C)c(C)cc1Cl)C1COc2ccccc21. The highest BCUT2D eigenvalue weighted by atomic mass is 35.5. The van der Waals surface area contributed by atoms with Crippen LogP contribution in [-0.4, -0.2) is 13.7 Å². The summed E-state index contributed by atoms with van der Waals surface area (Å²) >= 11 is 6.50. The third kappa shape index (κ3) is 2.54. The Hall–Kier alpha value is -1.51. The molecule has 1 heterocycles. The molecule has 2 aromatic rings. The van der Waals surface area contributed by atoms with Gasteiger partial charge in [-0.3, -0.25) is 0 Å². The molecule has 2 atom stereocenters. The number of ether oxygens (including phenoxy) is 1. The van der Waals surface area contributed by atoms with E-state index < -0.39 is 0 Å². The minimum atomic E-state index is 0.153. The molecule has 0 saturated carbocycles. The Morgan fingerprint density at radius 1 is 1.19 bits per heavy atom. The molecule has 2 nitrogen and oxygen atoms in total. The van der Waals surface area contributed by atoms with Crippen molar-refractivity contribution in [3.05, 3.63) is 63.7 Å². The summed E-state index contributed by atoms with van der Waals surface area (Å²) < 4.78 is 5.83. The first kappa shape index (κ1) is 14.4. The van der Waals surface area contributed by atoms with Gasteiger partial charge < -0.3 is 10.1 Å². The van der Waals surface area contributed by atoms with Crippen LogP contribution in [0.5, 0.6) is 5.75 Å². The van der Waals surface area contributed by atoms with E-state index >= 15 is 0 Å².